The number of imide groups is 1. The van der Waals surface area contributed by atoms with Crippen LogP contribution in [0.5, 0.6) is 0 Å². The van der Waals surface area contributed by atoms with Crippen LogP contribution in [0.1, 0.15) is 31.4 Å². The third kappa shape index (κ3) is 2.95. The van der Waals surface area contributed by atoms with Gasteiger partial charge >= 0.3 is 6.03 Å². The molecular weight excluding hydrogens is 282 g/mol. The molecule has 1 aliphatic rings. The fraction of sp³-hybridized carbons (Fsp3) is 0.438. The molecule has 1 aromatic rings. The maximum Gasteiger partial charge on any atom is 0.325 e. The van der Waals surface area contributed by atoms with Crippen LogP contribution in [-0.4, -0.2) is 34.8 Å². The average Bonchev–Trinajstić information content (AvgIpc) is 2.67. The summed E-state index contributed by atoms with van der Waals surface area (Å²) >= 11 is 0. The SMILES string of the molecule is CC[C@]1(C)NC(=O)N(CC(=O)Nc2cc(C)ccc2C)C1=O. The first-order chi connectivity index (χ1) is 10.3. The Morgan fingerprint density at radius 1 is 1.32 bits per heavy atom. The van der Waals surface area contributed by atoms with Crippen LogP contribution in [0.4, 0.5) is 10.5 Å². The van der Waals surface area contributed by atoms with Crippen molar-refractivity contribution in [1.82, 2.24) is 10.2 Å². The van der Waals surface area contributed by atoms with Crippen LogP contribution in [0.3, 0.4) is 0 Å². The number of benzene rings is 1. The number of anilines is 1. The molecule has 1 saturated heterocycles. The topological polar surface area (TPSA) is 78.5 Å². The molecule has 0 aliphatic carbocycles. The first-order valence-electron chi connectivity index (χ1n) is 7.28. The van der Waals surface area contributed by atoms with E-state index in [2.05, 4.69) is 10.6 Å². The van der Waals surface area contributed by atoms with Gasteiger partial charge in [0.1, 0.15) is 12.1 Å². The number of nitrogens with zero attached hydrogens (tertiary/aromatic N) is 1. The lowest BCUT2D eigenvalue weighted by Crippen LogP contribution is -2.44. The molecular formula is C16H21N3O3. The second-order valence-electron chi connectivity index (χ2n) is 5.87. The van der Waals surface area contributed by atoms with E-state index in [0.29, 0.717) is 12.1 Å². The molecule has 22 heavy (non-hydrogen) atoms. The Morgan fingerprint density at radius 3 is 2.59 bits per heavy atom. The molecule has 6 nitrogen and oxygen atoms in total. The summed E-state index contributed by atoms with van der Waals surface area (Å²) in [6, 6.07) is 5.20. The zero-order chi connectivity index (χ0) is 16.5. The molecule has 2 N–H and O–H groups in total. The van der Waals surface area contributed by atoms with Crippen molar-refractivity contribution in [2.75, 3.05) is 11.9 Å². The fourth-order valence-electron chi connectivity index (χ4n) is 2.33. The Hall–Kier alpha value is -2.37. The molecule has 118 valence electrons. The number of rotatable bonds is 4. The molecule has 1 aromatic carbocycles. The predicted molar refractivity (Wildman–Crippen MR) is 83.5 cm³/mol. The maximum absolute atomic E-state index is 12.2. The number of carbonyl (C=O) groups is 3. The fourth-order valence-corrected chi connectivity index (χ4v) is 2.33. The van der Waals surface area contributed by atoms with E-state index in [4.69, 9.17) is 0 Å². The van der Waals surface area contributed by atoms with Crippen LogP contribution in [0.2, 0.25) is 0 Å². The van der Waals surface area contributed by atoms with E-state index in [1.165, 1.54) is 0 Å². The van der Waals surface area contributed by atoms with Crippen molar-refractivity contribution < 1.29 is 14.4 Å². The smallest absolute Gasteiger partial charge is 0.324 e. The Labute approximate surface area is 129 Å². The van der Waals surface area contributed by atoms with Crippen molar-refractivity contribution in [2.45, 2.75) is 39.7 Å². The van der Waals surface area contributed by atoms with E-state index in [0.717, 1.165) is 16.0 Å². The van der Waals surface area contributed by atoms with Gasteiger partial charge in [-0.25, -0.2) is 4.79 Å². The molecule has 1 heterocycles. The number of nitrogens with one attached hydrogen (secondary N) is 2. The zero-order valence-corrected chi connectivity index (χ0v) is 13.3. The molecule has 4 amide bonds. The van der Waals surface area contributed by atoms with E-state index in [-0.39, 0.29) is 12.5 Å². The molecule has 1 aliphatic heterocycles. The number of hydrogen-bond acceptors (Lipinski definition) is 3. The molecule has 0 aromatic heterocycles. The Balaban J connectivity index is 2.08. The van der Waals surface area contributed by atoms with Gasteiger partial charge in [-0.2, -0.15) is 0 Å². The molecule has 0 spiro atoms. The van der Waals surface area contributed by atoms with Crippen LogP contribution < -0.4 is 10.6 Å². The van der Waals surface area contributed by atoms with E-state index < -0.39 is 17.5 Å². The second-order valence-corrected chi connectivity index (χ2v) is 5.87. The average molecular weight is 303 g/mol. The van der Waals surface area contributed by atoms with Crippen LogP contribution in [-0.2, 0) is 9.59 Å². The standard InChI is InChI=1S/C16H21N3O3/c1-5-16(4)14(21)19(15(22)18-16)9-13(20)17-12-8-10(2)6-7-11(12)3/h6-8H,5,9H2,1-4H3,(H,17,20)(H,18,22)/t16-/m0/s1. The number of carbonyl (C=O) groups excluding carboxylic acids is 3. The summed E-state index contributed by atoms with van der Waals surface area (Å²) in [5.41, 5.74) is 1.72. The highest BCUT2D eigenvalue weighted by Crippen LogP contribution is 2.21. The molecule has 6 heteroatoms. The van der Waals surface area contributed by atoms with Gasteiger partial charge in [0, 0.05) is 5.69 Å². The van der Waals surface area contributed by atoms with Crippen LogP contribution in [0, 0.1) is 13.8 Å². The van der Waals surface area contributed by atoms with Gasteiger partial charge in [-0.05, 0) is 44.4 Å². The van der Waals surface area contributed by atoms with Gasteiger partial charge in [-0.15, -0.1) is 0 Å². The van der Waals surface area contributed by atoms with Crippen molar-refractivity contribution in [3.63, 3.8) is 0 Å². The van der Waals surface area contributed by atoms with Crippen LogP contribution in [0.15, 0.2) is 18.2 Å². The molecule has 0 saturated carbocycles. The quantitative estimate of drug-likeness (QED) is 0.835. The third-order valence-electron chi connectivity index (χ3n) is 4.02. The lowest BCUT2D eigenvalue weighted by atomic mass is 9.99. The first kappa shape index (κ1) is 16.0. The number of hydrogen-bond donors (Lipinski definition) is 2. The van der Waals surface area contributed by atoms with Gasteiger partial charge in [-0.1, -0.05) is 19.1 Å². The van der Waals surface area contributed by atoms with Gasteiger partial charge in [0.05, 0.1) is 0 Å². The molecule has 0 unspecified atom stereocenters. The summed E-state index contributed by atoms with van der Waals surface area (Å²) < 4.78 is 0. The summed E-state index contributed by atoms with van der Waals surface area (Å²) in [5.74, 6) is -0.756. The lowest BCUT2D eigenvalue weighted by Gasteiger charge is -2.19. The summed E-state index contributed by atoms with van der Waals surface area (Å²) in [7, 11) is 0. The van der Waals surface area contributed by atoms with Crippen molar-refractivity contribution in [3.05, 3.63) is 29.3 Å². The van der Waals surface area contributed by atoms with Crippen LogP contribution in [0.25, 0.3) is 0 Å². The Morgan fingerprint density at radius 2 is 2.00 bits per heavy atom. The first-order valence-corrected chi connectivity index (χ1v) is 7.28. The Kier molecular flexibility index (Phi) is 4.21. The highest BCUT2D eigenvalue weighted by atomic mass is 16.2. The molecule has 1 fully saturated rings. The molecule has 0 bridgehead atoms. The van der Waals surface area contributed by atoms with Gasteiger partial charge in [-0.3, -0.25) is 14.5 Å². The van der Waals surface area contributed by atoms with E-state index in [1.807, 2.05) is 39.0 Å². The van der Waals surface area contributed by atoms with Crippen molar-refractivity contribution in [2.24, 2.45) is 0 Å². The van der Waals surface area contributed by atoms with E-state index in [1.54, 1.807) is 6.92 Å². The maximum atomic E-state index is 12.2. The van der Waals surface area contributed by atoms with Gasteiger partial charge in [0.15, 0.2) is 0 Å². The molecule has 1 atom stereocenters. The monoisotopic (exact) mass is 303 g/mol. The van der Waals surface area contributed by atoms with Gasteiger partial charge < -0.3 is 10.6 Å². The molecule has 2 rings (SSSR count). The summed E-state index contributed by atoms with van der Waals surface area (Å²) in [4.78, 5) is 37.2. The van der Waals surface area contributed by atoms with E-state index in [9.17, 15) is 14.4 Å². The highest BCUT2D eigenvalue weighted by molar-refractivity contribution is 6.09. The normalized spacial score (nSPS) is 21.0. The lowest BCUT2D eigenvalue weighted by molar-refractivity contribution is -0.133. The van der Waals surface area contributed by atoms with Crippen molar-refractivity contribution in [1.29, 1.82) is 0 Å². The van der Waals surface area contributed by atoms with Crippen LogP contribution >= 0.6 is 0 Å². The van der Waals surface area contributed by atoms with Gasteiger partial charge in [0.25, 0.3) is 5.91 Å². The minimum Gasteiger partial charge on any atom is -0.324 e. The summed E-state index contributed by atoms with van der Waals surface area (Å²) in [6.45, 7) is 7.01. The van der Waals surface area contributed by atoms with E-state index >= 15 is 0 Å². The minimum absolute atomic E-state index is 0.284. The minimum atomic E-state index is -0.920. The zero-order valence-electron chi connectivity index (χ0n) is 13.3. The third-order valence-corrected chi connectivity index (χ3v) is 4.02. The van der Waals surface area contributed by atoms with Crippen molar-refractivity contribution in [3.8, 4) is 0 Å². The largest absolute Gasteiger partial charge is 0.325 e. The van der Waals surface area contributed by atoms with Gasteiger partial charge in [0.2, 0.25) is 5.91 Å². The second kappa shape index (κ2) is 5.79. The number of amides is 4. The summed E-state index contributed by atoms with van der Waals surface area (Å²) in [5, 5.41) is 5.38. The Bertz CT molecular complexity index is 642. The predicted octanol–water partition coefficient (Wildman–Crippen LogP) is 1.96. The van der Waals surface area contributed by atoms with Crippen molar-refractivity contribution >= 4 is 23.5 Å². The number of urea groups is 1. The highest BCUT2D eigenvalue weighted by Gasteiger charge is 2.46. The molecule has 0 radical (unpaired) electrons. The summed E-state index contributed by atoms with van der Waals surface area (Å²) in [6.07, 6.45) is 0.479. The number of aryl methyl sites for hydroxylation is 2.